The number of hydrogen-bond acceptors (Lipinski definition) is 3. The van der Waals surface area contributed by atoms with E-state index < -0.39 is 0 Å². The van der Waals surface area contributed by atoms with E-state index >= 15 is 0 Å². The molecule has 3 aromatic carbocycles. The standard InChI is InChI=1S/C47H39N5.Ni/c1-31(2)52(32(3)4)30-14-21-36-37-22-24-39(48-37)45(33-15-8-5-9-16-33)41-26-28-43(50-41)47(35-19-12-7-13-20-35)44-29-27-42(51-44)46(34-17-10-6-11-18-34)40-25-23-38(36)49-40;/h5-13,15-20,22-29,31-32H,30H2,1-4H3;/q-2;+2. The second kappa shape index (κ2) is 15.5. The van der Waals surface area contributed by atoms with E-state index in [2.05, 4.69) is 166 Å². The van der Waals surface area contributed by atoms with Crippen LogP contribution in [0.2, 0.25) is 0 Å². The zero-order chi connectivity index (χ0) is 35.6. The van der Waals surface area contributed by atoms with E-state index in [1.54, 1.807) is 0 Å². The summed E-state index contributed by atoms with van der Waals surface area (Å²) in [6, 6.07) is 40.2. The first-order valence-electron chi connectivity index (χ1n) is 17.9. The zero-order valence-electron chi connectivity index (χ0n) is 30.2. The smallest absolute Gasteiger partial charge is 0.657 e. The minimum absolute atomic E-state index is 0. The number of nitrogens with zero attached hydrogens (tertiary/aromatic N) is 5. The molecule has 6 heteroatoms. The fourth-order valence-corrected chi connectivity index (χ4v) is 7.10. The van der Waals surface area contributed by atoms with Gasteiger partial charge in [-0.3, -0.25) is 4.90 Å². The van der Waals surface area contributed by atoms with Crippen molar-refractivity contribution >= 4 is 46.4 Å². The van der Waals surface area contributed by atoms with Crippen LogP contribution in [0, 0.1) is 11.8 Å². The van der Waals surface area contributed by atoms with Crippen molar-refractivity contribution in [3.63, 3.8) is 0 Å². The zero-order valence-corrected chi connectivity index (χ0v) is 31.2. The topological polar surface area (TPSA) is 57.2 Å². The molecule has 0 atom stereocenters. The minimum atomic E-state index is 0. The summed E-state index contributed by atoms with van der Waals surface area (Å²) in [7, 11) is 0. The number of fused-ring (bicyclic) bond motifs is 8. The normalized spacial score (nSPS) is 11.9. The molecule has 0 aliphatic carbocycles. The summed E-state index contributed by atoms with van der Waals surface area (Å²) in [5.74, 6) is 7.03. The Morgan fingerprint density at radius 1 is 0.491 bits per heavy atom. The first kappa shape index (κ1) is 35.7. The minimum Gasteiger partial charge on any atom is -0.657 e. The van der Waals surface area contributed by atoms with E-state index in [0.717, 1.165) is 83.8 Å². The van der Waals surface area contributed by atoms with Crippen molar-refractivity contribution in [1.82, 2.24) is 24.8 Å². The molecule has 0 spiro atoms. The number of aromatic nitrogens is 4. The first-order chi connectivity index (χ1) is 25.4. The molecular formula is C47H39N5Ni. The Balaban J connectivity index is 0.00000435. The number of hydrogen-bond donors (Lipinski definition) is 0. The van der Waals surface area contributed by atoms with Gasteiger partial charge in [0.2, 0.25) is 0 Å². The van der Waals surface area contributed by atoms with Gasteiger partial charge in [-0.1, -0.05) is 127 Å². The van der Waals surface area contributed by atoms with Gasteiger partial charge in [-0.05, 0) is 85.4 Å². The van der Waals surface area contributed by atoms with E-state index in [1.807, 2.05) is 18.2 Å². The first-order valence-corrected chi connectivity index (χ1v) is 17.9. The van der Waals surface area contributed by atoms with Crippen LogP contribution in [0.4, 0.5) is 0 Å². The summed E-state index contributed by atoms with van der Waals surface area (Å²) in [5.41, 5.74) is 13.5. The Kier molecular flexibility index (Phi) is 10.4. The van der Waals surface area contributed by atoms with Crippen LogP contribution in [0.15, 0.2) is 115 Å². The number of rotatable bonds is 6. The van der Waals surface area contributed by atoms with E-state index in [0.29, 0.717) is 18.6 Å². The Bertz CT molecular complexity index is 2500. The van der Waals surface area contributed by atoms with E-state index in [-0.39, 0.29) is 16.5 Å². The van der Waals surface area contributed by atoms with Gasteiger partial charge >= 0.3 is 16.5 Å². The largest absolute Gasteiger partial charge is 2.00 e. The van der Waals surface area contributed by atoms with Crippen molar-refractivity contribution < 1.29 is 16.5 Å². The maximum Gasteiger partial charge on any atom is 2.00 e. The van der Waals surface area contributed by atoms with Gasteiger partial charge in [0, 0.05) is 17.6 Å². The van der Waals surface area contributed by atoms with Crippen molar-refractivity contribution in [2.75, 3.05) is 6.54 Å². The van der Waals surface area contributed by atoms with Crippen molar-refractivity contribution in [2.24, 2.45) is 0 Å². The molecule has 0 amide bonds. The van der Waals surface area contributed by atoms with Crippen LogP contribution in [0.5, 0.6) is 0 Å². The molecule has 0 saturated carbocycles. The van der Waals surface area contributed by atoms with Gasteiger partial charge in [0.05, 0.1) is 29.3 Å². The maximum atomic E-state index is 5.32. The van der Waals surface area contributed by atoms with Crippen molar-refractivity contribution in [3.8, 4) is 45.2 Å². The molecule has 0 saturated heterocycles. The van der Waals surface area contributed by atoms with Gasteiger partial charge in [0.1, 0.15) is 0 Å². The maximum absolute atomic E-state index is 5.32. The van der Waals surface area contributed by atoms with Crippen molar-refractivity contribution in [1.29, 1.82) is 0 Å². The van der Waals surface area contributed by atoms with Crippen LogP contribution >= 0.6 is 0 Å². The predicted octanol–water partition coefficient (Wildman–Crippen LogP) is 10.4. The van der Waals surface area contributed by atoms with Crippen LogP contribution in [0.3, 0.4) is 0 Å². The fourth-order valence-electron chi connectivity index (χ4n) is 7.10. The Hall–Kier alpha value is -5.73. The van der Waals surface area contributed by atoms with E-state index in [4.69, 9.17) is 19.9 Å². The van der Waals surface area contributed by atoms with Gasteiger partial charge in [-0.15, -0.1) is 22.1 Å². The second-order valence-electron chi connectivity index (χ2n) is 13.6. The Labute approximate surface area is 321 Å². The average Bonchev–Trinajstić information content (AvgIpc) is 4.00. The summed E-state index contributed by atoms with van der Waals surface area (Å²) in [6.07, 6.45) is 8.34. The van der Waals surface area contributed by atoms with E-state index in [9.17, 15) is 0 Å². The molecule has 8 rings (SSSR count). The molecule has 6 aromatic rings. The van der Waals surface area contributed by atoms with Crippen LogP contribution in [0.1, 0.15) is 56.0 Å². The Morgan fingerprint density at radius 3 is 1.26 bits per heavy atom. The average molecular weight is 733 g/mol. The molecule has 5 nitrogen and oxygen atoms in total. The third-order valence-electron chi connectivity index (χ3n) is 9.60. The van der Waals surface area contributed by atoms with Crippen LogP contribution in [-0.4, -0.2) is 33.5 Å². The van der Waals surface area contributed by atoms with Gasteiger partial charge in [0.15, 0.2) is 0 Å². The van der Waals surface area contributed by atoms with Crippen molar-refractivity contribution in [3.05, 3.63) is 144 Å². The summed E-state index contributed by atoms with van der Waals surface area (Å²) in [5, 5.41) is 0. The Morgan fingerprint density at radius 2 is 0.849 bits per heavy atom. The molecule has 0 N–H and O–H groups in total. The summed E-state index contributed by atoms with van der Waals surface area (Å²) in [4.78, 5) is 23.6. The fraction of sp³-hybridized carbons (Fsp3) is 0.149. The molecule has 53 heavy (non-hydrogen) atoms. The second-order valence-corrected chi connectivity index (χ2v) is 13.6. The van der Waals surface area contributed by atoms with Gasteiger partial charge < -0.3 is 9.97 Å². The monoisotopic (exact) mass is 731 g/mol. The molecule has 8 bridgehead atoms. The quantitative estimate of drug-likeness (QED) is 0.126. The van der Waals surface area contributed by atoms with Crippen LogP contribution < -0.4 is 9.97 Å². The molecule has 0 unspecified atom stereocenters. The van der Waals surface area contributed by atoms with Crippen molar-refractivity contribution in [2.45, 2.75) is 39.8 Å². The summed E-state index contributed by atoms with van der Waals surface area (Å²) >= 11 is 0. The molecule has 2 aliphatic rings. The molecule has 5 heterocycles. The van der Waals surface area contributed by atoms with Gasteiger partial charge in [-0.25, -0.2) is 9.97 Å². The molecule has 3 aromatic heterocycles. The van der Waals surface area contributed by atoms with Gasteiger partial charge in [-0.2, -0.15) is 0 Å². The van der Waals surface area contributed by atoms with Crippen LogP contribution in [0.25, 0.3) is 79.8 Å². The molecule has 0 radical (unpaired) electrons. The molecular weight excluding hydrogens is 693 g/mol. The predicted molar refractivity (Wildman–Crippen MR) is 217 cm³/mol. The van der Waals surface area contributed by atoms with E-state index in [1.165, 1.54) is 0 Å². The third kappa shape index (κ3) is 7.20. The van der Waals surface area contributed by atoms with Crippen LogP contribution in [-0.2, 0) is 16.5 Å². The number of benzene rings is 3. The molecule has 262 valence electrons. The molecule has 2 aliphatic heterocycles. The summed E-state index contributed by atoms with van der Waals surface area (Å²) < 4.78 is 0. The van der Waals surface area contributed by atoms with Gasteiger partial charge in [0.25, 0.3) is 0 Å². The molecule has 0 fully saturated rings. The third-order valence-corrected chi connectivity index (χ3v) is 9.60. The summed E-state index contributed by atoms with van der Waals surface area (Å²) in [6.45, 7) is 9.50. The SMILES string of the molecule is CC(C)N(CC#Cc1c2nc(c(-c3ccccc3)c3ccc([n-]3)c(-c3ccccc3)c3nc(c(-c4ccccc4)c4ccc1[n-]4)C=C3)C=C2)C(C)C.[Ni+2].